The van der Waals surface area contributed by atoms with Crippen molar-refractivity contribution < 1.29 is 14.3 Å². The lowest BCUT2D eigenvalue weighted by molar-refractivity contribution is -0.116. The predicted molar refractivity (Wildman–Crippen MR) is 89.6 cm³/mol. The monoisotopic (exact) mass is 341 g/mol. The number of allylic oxidation sites excluding steroid dienone is 2. The van der Waals surface area contributed by atoms with E-state index in [-0.39, 0.29) is 11.8 Å². The zero-order chi connectivity index (χ0) is 17.4. The number of methoxy groups -OCH3 is 1. The molecule has 0 saturated heterocycles. The minimum atomic E-state index is -0.362. The lowest BCUT2D eigenvalue weighted by Gasteiger charge is -2.31. The molecule has 0 fully saturated rings. The van der Waals surface area contributed by atoms with Crippen LogP contribution in [0.15, 0.2) is 29.5 Å². The Bertz CT molecular complexity index is 858. The number of Topliss-reactive ketones (excluding diaryl/α,β-unsaturated/α-hetero) is 1. The number of hydrogen-bond acceptors (Lipinski definition) is 7. The largest absolute Gasteiger partial charge is 0.493 e. The summed E-state index contributed by atoms with van der Waals surface area (Å²) >= 11 is 0. The number of ether oxygens (including phenoxy) is 2. The van der Waals surface area contributed by atoms with Gasteiger partial charge in [0.2, 0.25) is 5.95 Å². The second-order valence-electron chi connectivity index (χ2n) is 5.99. The van der Waals surface area contributed by atoms with E-state index in [9.17, 15) is 4.79 Å². The Labute approximate surface area is 144 Å². The predicted octanol–water partition coefficient (Wildman–Crippen LogP) is 2.10. The van der Waals surface area contributed by atoms with Gasteiger partial charge in [0.1, 0.15) is 6.04 Å². The van der Waals surface area contributed by atoms with Gasteiger partial charge in [0.15, 0.2) is 17.3 Å². The summed E-state index contributed by atoms with van der Waals surface area (Å²) in [6, 6.07) is 5.31. The summed E-state index contributed by atoms with van der Waals surface area (Å²) in [5.74, 6) is 1.97. The topological polar surface area (TPSA) is 91.2 Å². The molecule has 8 nitrogen and oxygen atoms in total. The first-order chi connectivity index (χ1) is 12.2. The highest BCUT2D eigenvalue weighted by atomic mass is 16.5. The third-order valence-electron chi connectivity index (χ3n) is 4.53. The molecule has 1 atom stereocenters. The van der Waals surface area contributed by atoms with Crippen LogP contribution in [-0.2, 0) is 4.79 Å². The maximum absolute atomic E-state index is 12.6. The second-order valence-corrected chi connectivity index (χ2v) is 5.99. The van der Waals surface area contributed by atoms with Crippen LogP contribution in [0.3, 0.4) is 0 Å². The molecule has 130 valence electrons. The minimum Gasteiger partial charge on any atom is -0.493 e. The molecule has 4 rings (SSSR count). The maximum Gasteiger partial charge on any atom is 0.248 e. The van der Waals surface area contributed by atoms with Gasteiger partial charge in [0.05, 0.1) is 13.7 Å². The summed E-state index contributed by atoms with van der Waals surface area (Å²) in [6.45, 7) is 2.44. The van der Waals surface area contributed by atoms with Crippen LogP contribution in [0.4, 0.5) is 5.95 Å². The molecule has 1 unspecified atom stereocenters. The van der Waals surface area contributed by atoms with Crippen LogP contribution >= 0.6 is 0 Å². The number of rotatable bonds is 4. The molecule has 0 bridgehead atoms. The molecule has 0 spiro atoms. The number of nitrogens with zero attached hydrogens (tertiary/aromatic N) is 4. The molecule has 1 aliphatic heterocycles. The lowest BCUT2D eigenvalue weighted by atomic mass is 9.85. The van der Waals surface area contributed by atoms with Gasteiger partial charge < -0.3 is 14.8 Å². The van der Waals surface area contributed by atoms with E-state index in [0.29, 0.717) is 30.5 Å². The first-order valence-electron chi connectivity index (χ1n) is 8.34. The van der Waals surface area contributed by atoms with Crippen molar-refractivity contribution in [2.75, 3.05) is 19.0 Å². The molecule has 1 aromatic heterocycles. The molecule has 1 aliphatic carbocycles. The summed E-state index contributed by atoms with van der Waals surface area (Å²) in [4.78, 5) is 12.6. The normalized spacial score (nSPS) is 19.1. The fraction of sp³-hybridized carbons (Fsp3) is 0.412. The van der Waals surface area contributed by atoms with E-state index in [1.807, 2.05) is 25.1 Å². The van der Waals surface area contributed by atoms with Crippen LogP contribution in [0.2, 0.25) is 0 Å². The number of benzene rings is 1. The SMILES string of the molecule is CCOc1cc(C2C3=C(CCCC3=O)Nc3nnnn32)ccc1OC. The van der Waals surface area contributed by atoms with E-state index < -0.39 is 0 Å². The van der Waals surface area contributed by atoms with Crippen LogP contribution < -0.4 is 14.8 Å². The number of fused-ring (bicyclic) bond motifs is 1. The van der Waals surface area contributed by atoms with Gasteiger partial charge in [-0.25, -0.2) is 0 Å². The van der Waals surface area contributed by atoms with Crippen LogP contribution in [0.5, 0.6) is 11.5 Å². The van der Waals surface area contributed by atoms with Crippen molar-refractivity contribution in [3.05, 3.63) is 35.0 Å². The fourth-order valence-corrected chi connectivity index (χ4v) is 3.46. The summed E-state index contributed by atoms with van der Waals surface area (Å²) < 4.78 is 12.7. The number of ketones is 1. The van der Waals surface area contributed by atoms with Crippen LogP contribution in [0.25, 0.3) is 0 Å². The summed E-state index contributed by atoms with van der Waals surface area (Å²) in [7, 11) is 1.60. The molecule has 0 radical (unpaired) electrons. The van der Waals surface area contributed by atoms with Crippen LogP contribution in [0, 0.1) is 0 Å². The quantitative estimate of drug-likeness (QED) is 0.910. The van der Waals surface area contributed by atoms with Gasteiger partial charge in [-0.3, -0.25) is 4.79 Å². The number of anilines is 1. The lowest BCUT2D eigenvalue weighted by Crippen LogP contribution is -2.31. The van der Waals surface area contributed by atoms with Gasteiger partial charge in [0.25, 0.3) is 0 Å². The standard InChI is InChI=1S/C17H19N5O3/c1-3-25-14-9-10(7-8-13(14)24-2)16-15-11(5-4-6-12(15)23)18-17-19-20-21-22(16)17/h7-9,16H,3-6H2,1-2H3,(H,18,19,21). The van der Waals surface area contributed by atoms with Crippen molar-refractivity contribution in [1.29, 1.82) is 0 Å². The minimum absolute atomic E-state index is 0.133. The van der Waals surface area contributed by atoms with E-state index in [0.717, 1.165) is 29.7 Å². The summed E-state index contributed by atoms with van der Waals surface area (Å²) in [6.07, 6.45) is 2.20. The molecule has 2 heterocycles. The molecule has 8 heteroatoms. The van der Waals surface area contributed by atoms with Gasteiger partial charge in [-0.05, 0) is 47.9 Å². The van der Waals surface area contributed by atoms with Crippen LogP contribution in [0.1, 0.15) is 37.8 Å². The third-order valence-corrected chi connectivity index (χ3v) is 4.53. The van der Waals surface area contributed by atoms with Gasteiger partial charge in [-0.15, -0.1) is 0 Å². The van der Waals surface area contributed by atoms with Crippen molar-refractivity contribution >= 4 is 11.7 Å². The van der Waals surface area contributed by atoms with Gasteiger partial charge >= 0.3 is 0 Å². The average molecular weight is 341 g/mol. The first-order valence-corrected chi connectivity index (χ1v) is 8.34. The average Bonchev–Trinajstić information content (AvgIpc) is 3.08. The highest BCUT2D eigenvalue weighted by Gasteiger charge is 2.36. The molecule has 0 amide bonds. The Morgan fingerprint density at radius 2 is 2.20 bits per heavy atom. The molecule has 1 N–H and O–H groups in total. The van der Waals surface area contributed by atoms with Crippen LogP contribution in [-0.4, -0.2) is 39.7 Å². The molecule has 1 aromatic carbocycles. The van der Waals surface area contributed by atoms with E-state index in [4.69, 9.17) is 9.47 Å². The summed E-state index contributed by atoms with van der Waals surface area (Å²) in [5, 5.41) is 15.1. The zero-order valence-electron chi connectivity index (χ0n) is 14.2. The number of hydrogen-bond donors (Lipinski definition) is 1. The molecule has 2 aliphatic rings. The van der Waals surface area contributed by atoms with Crippen molar-refractivity contribution in [1.82, 2.24) is 20.2 Å². The van der Waals surface area contributed by atoms with E-state index in [2.05, 4.69) is 20.8 Å². The van der Waals surface area contributed by atoms with E-state index in [1.54, 1.807) is 11.8 Å². The third kappa shape index (κ3) is 2.54. The van der Waals surface area contributed by atoms with Crippen molar-refractivity contribution in [3.63, 3.8) is 0 Å². The summed E-state index contributed by atoms with van der Waals surface area (Å²) in [5.41, 5.74) is 2.54. The van der Waals surface area contributed by atoms with Crippen molar-refractivity contribution in [2.24, 2.45) is 0 Å². The smallest absolute Gasteiger partial charge is 0.248 e. The number of aromatic nitrogens is 4. The molecule has 25 heavy (non-hydrogen) atoms. The number of nitrogens with one attached hydrogen (secondary N) is 1. The molecule has 2 aromatic rings. The van der Waals surface area contributed by atoms with Gasteiger partial charge in [-0.2, -0.15) is 4.68 Å². The number of carbonyl (C=O) groups is 1. The van der Waals surface area contributed by atoms with Crippen molar-refractivity contribution in [2.45, 2.75) is 32.2 Å². The Morgan fingerprint density at radius 3 is 3.00 bits per heavy atom. The highest BCUT2D eigenvalue weighted by molar-refractivity contribution is 5.99. The molecular formula is C17H19N5O3. The second kappa shape index (κ2) is 6.19. The number of tetrazole rings is 1. The van der Waals surface area contributed by atoms with E-state index >= 15 is 0 Å². The van der Waals surface area contributed by atoms with E-state index in [1.165, 1.54) is 0 Å². The van der Waals surface area contributed by atoms with Gasteiger partial charge in [-0.1, -0.05) is 11.2 Å². The van der Waals surface area contributed by atoms with Gasteiger partial charge in [0, 0.05) is 17.7 Å². The molecular weight excluding hydrogens is 322 g/mol. The fourth-order valence-electron chi connectivity index (χ4n) is 3.46. The Balaban J connectivity index is 1.86. The Hall–Kier alpha value is -2.90. The highest BCUT2D eigenvalue weighted by Crippen LogP contribution is 2.41. The molecule has 0 saturated carbocycles. The Kier molecular flexibility index (Phi) is 3.87. The van der Waals surface area contributed by atoms with Crippen molar-refractivity contribution in [3.8, 4) is 11.5 Å². The Morgan fingerprint density at radius 1 is 1.32 bits per heavy atom. The number of carbonyl (C=O) groups excluding carboxylic acids is 1. The first kappa shape index (κ1) is 15.6. The maximum atomic E-state index is 12.6. The zero-order valence-corrected chi connectivity index (χ0v) is 14.2.